The lowest BCUT2D eigenvalue weighted by molar-refractivity contribution is -0.137. The van der Waals surface area contributed by atoms with Crippen LogP contribution < -0.4 is 0 Å². The number of halogens is 1. The normalized spacial score (nSPS) is 10.1. The number of carboxylic acids is 1. The molecule has 1 rings (SSSR count). The third-order valence-corrected chi connectivity index (χ3v) is 2.35. The molecule has 1 aromatic heterocycles. The van der Waals surface area contributed by atoms with Gasteiger partial charge < -0.3 is 14.7 Å². The van der Waals surface area contributed by atoms with E-state index < -0.39 is 18.4 Å². The number of rotatable bonds is 6. The van der Waals surface area contributed by atoms with Crippen molar-refractivity contribution in [2.45, 2.75) is 0 Å². The van der Waals surface area contributed by atoms with Gasteiger partial charge in [0.05, 0.1) is 6.61 Å². The average Bonchev–Trinajstić information content (AvgIpc) is 2.33. The Morgan fingerprint density at radius 1 is 1.56 bits per heavy atom. The van der Waals surface area contributed by atoms with E-state index in [1.807, 2.05) is 0 Å². The molecule has 0 fully saturated rings. The van der Waals surface area contributed by atoms with Gasteiger partial charge in [0.1, 0.15) is 12.2 Å². The molecule has 6 nitrogen and oxygen atoms in total. The molecule has 98 valence electrons. The molecule has 0 unspecified atom stereocenters. The van der Waals surface area contributed by atoms with Crippen molar-refractivity contribution in [2.75, 3.05) is 26.8 Å². The number of carbonyl (C=O) groups excluding carboxylic acids is 1. The third-order valence-electron chi connectivity index (χ3n) is 2.12. The maximum atomic E-state index is 12.0. The van der Waals surface area contributed by atoms with E-state index in [0.29, 0.717) is 5.02 Å². The summed E-state index contributed by atoms with van der Waals surface area (Å²) in [6, 6.07) is 2.93. The molecule has 0 atom stereocenters. The highest BCUT2D eigenvalue weighted by Crippen LogP contribution is 2.10. The lowest BCUT2D eigenvalue weighted by atomic mass is 10.3. The zero-order valence-corrected chi connectivity index (χ0v) is 10.6. The first-order valence-corrected chi connectivity index (χ1v) is 5.54. The highest BCUT2D eigenvalue weighted by Gasteiger charge is 2.19. The van der Waals surface area contributed by atoms with Crippen LogP contribution >= 0.6 is 11.6 Å². The summed E-state index contributed by atoms with van der Waals surface area (Å²) in [6.07, 6.45) is 1.39. The summed E-state index contributed by atoms with van der Waals surface area (Å²) in [7, 11) is 1.47. The number of hydrogen-bond acceptors (Lipinski definition) is 4. The number of carbonyl (C=O) groups is 2. The molecular weight excluding hydrogens is 260 g/mol. The first kappa shape index (κ1) is 14.4. The molecule has 0 saturated heterocycles. The lowest BCUT2D eigenvalue weighted by Crippen LogP contribution is -2.38. The Labute approximate surface area is 109 Å². The average molecular weight is 273 g/mol. The summed E-state index contributed by atoms with van der Waals surface area (Å²) in [5, 5.41) is 9.12. The summed E-state index contributed by atoms with van der Waals surface area (Å²) >= 11 is 5.75. The van der Waals surface area contributed by atoms with E-state index in [4.69, 9.17) is 21.4 Å². The Morgan fingerprint density at radius 3 is 2.83 bits per heavy atom. The molecule has 18 heavy (non-hydrogen) atoms. The Bertz CT molecular complexity index is 439. The molecule has 0 aromatic carbocycles. The highest BCUT2D eigenvalue weighted by atomic mass is 35.5. The summed E-state index contributed by atoms with van der Waals surface area (Å²) in [4.78, 5) is 27.7. The van der Waals surface area contributed by atoms with Crippen molar-refractivity contribution in [2.24, 2.45) is 0 Å². The molecule has 1 heterocycles. The first-order valence-electron chi connectivity index (χ1n) is 5.16. The van der Waals surface area contributed by atoms with Crippen LogP contribution in [0.2, 0.25) is 5.02 Å². The SMILES string of the molecule is COCCN(CC(=O)O)C(=O)c1cc(Cl)ccn1. The largest absolute Gasteiger partial charge is 0.480 e. The van der Waals surface area contributed by atoms with Gasteiger partial charge in [-0.25, -0.2) is 0 Å². The molecule has 0 saturated carbocycles. The summed E-state index contributed by atoms with van der Waals surface area (Å²) in [6.45, 7) is 0.0196. The van der Waals surface area contributed by atoms with Crippen LogP contribution in [-0.4, -0.2) is 53.7 Å². The van der Waals surface area contributed by atoms with Crippen molar-refractivity contribution >= 4 is 23.5 Å². The van der Waals surface area contributed by atoms with Crippen molar-refractivity contribution in [3.63, 3.8) is 0 Å². The number of hydrogen-bond donors (Lipinski definition) is 1. The fourth-order valence-electron chi connectivity index (χ4n) is 1.30. The number of nitrogens with zero attached hydrogens (tertiary/aromatic N) is 2. The van der Waals surface area contributed by atoms with Gasteiger partial charge in [0.2, 0.25) is 0 Å². The van der Waals surface area contributed by atoms with Crippen molar-refractivity contribution < 1.29 is 19.4 Å². The predicted octanol–water partition coefficient (Wildman–Crippen LogP) is 0.908. The van der Waals surface area contributed by atoms with E-state index in [1.165, 1.54) is 25.4 Å². The van der Waals surface area contributed by atoms with Gasteiger partial charge >= 0.3 is 5.97 Å². The minimum atomic E-state index is -1.10. The quantitative estimate of drug-likeness (QED) is 0.832. The zero-order chi connectivity index (χ0) is 13.5. The predicted molar refractivity (Wildman–Crippen MR) is 64.7 cm³/mol. The topological polar surface area (TPSA) is 79.7 Å². The lowest BCUT2D eigenvalue weighted by Gasteiger charge is -2.19. The van der Waals surface area contributed by atoms with Gasteiger partial charge in [-0.05, 0) is 12.1 Å². The molecule has 0 bridgehead atoms. The van der Waals surface area contributed by atoms with Crippen LogP contribution in [0.1, 0.15) is 10.5 Å². The minimum absolute atomic E-state index is 0.111. The van der Waals surface area contributed by atoms with Crippen molar-refractivity contribution in [3.05, 3.63) is 29.0 Å². The highest BCUT2D eigenvalue weighted by molar-refractivity contribution is 6.30. The summed E-state index contributed by atoms with van der Waals surface area (Å²) < 4.78 is 4.83. The Balaban J connectivity index is 2.83. The van der Waals surface area contributed by atoms with Gasteiger partial charge in [-0.3, -0.25) is 14.6 Å². The number of aromatic nitrogens is 1. The second-order valence-electron chi connectivity index (χ2n) is 3.47. The molecule has 1 amide bonds. The second-order valence-corrected chi connectivity index (χ2v) is 3.91. The monoisotopic (exact) mass is 272 g/mol. The zero-order valence-electron chi connectivity index (χ0n) is 9.80. The second kappa shape index (κ2) is 6.93. The maximum Gasteiger partial charge on any atom is 0.323 e. The smallest absolute Gasteiger partial charge is 0.323 e. The van der Waals surface area contributed by atoms with E-state index in [2.05, 4.69) is 4.98 Å². The van der Waals surface area contributed by atoms with Gasteiger partial charge in [0, 0.05) is 24.9 Å². The van der Waals surface area contributed by atoms with E-state index >= 15 is 0 Å². The van der Waals surface area contributed by atoms with Crippen LogP contribution in [-0.2, 0) is 9.53 Å². The third kappa shape index (κ3) is 4.31. The van der Waals surface area contributed by atoms with Crippen LogP contribution in [0.25, 0.3) is 0 Å². The van der Waals surface area contributed by atoms with Crippen LogP contribution in [0.15, 0.2) is 18.3 Å². The van der Waals surface area contributed by atoms with Crippen molar-refractivity contribution in [3.8, 4) is 0 Å². The van der Waals surface area contributed by atoms with Crippen molar-refractivity contribution in [1.82, 2.24) is 9.88 Å². The van der Waals surface area contributed by atoms with Crippen molar-refractivity contribution in [1.29, 1.82) is 0 Å². The molecule has 0 aliphatic heterocycles. The molecule has 0 aliphatic carbocycles. The standard InChI is InChI=1S/C11H13ClN2O4/c1-18-5-4-14(7-10(15)16)11(17)9-6-8(12)2-3-13-9/h2-3,6H,4-5,7H2,1H3,(H,15,16). The molecule has 7 heteroatoms. The number of aliphatic carboxylic acids is 1. The number of methoxy groups -OCH3 is 1. The Kier molecular flexibility index (Phi) is 5.54. The molecular formula is C11H13ClN2O4. The van der Waals surface area contributed by atoms with E-state index in [1.54, 1.807) is 0 Å². The van der Waals surface area contributed by atoms with Gasteiger partial charge in [-0.2, -0.15) is 0 Å². The van der Waals surface area contributed by atoms with Gasteiger partial charge in [-0.1, -0.05) is 11.6 Å². The fourth-order valence-corrected chi connectivity index (χ4v) is 1.46. The number of amides is 1. The van der Waals surface area contributed by atoms with E-state index in [9.17, 15) is 9.59 Å². The van der Waals surface area contributed by atoms with Gasteiger partial charge in [-0.15, -0.1) is 0 Å². The maximum absolute atomic E-state index is 12.0. The number of ether oxygens (including phenoxy) is 1. The molecule has 1 aromatic rings. The van der Waals surface area contributed by atoms with E-state index in [0.717, 1.165) is 4.90 Å². The van der Waals surface area contributed by atoms with E-state index in [-0.39, 0.29) is 18.8 Å². The minimum Gasteiger partial charge on any atom is -0.480 e. The van der Waals surface area contributed by atoms with Crippen LogP contribution in [0.4, 0.5) is 0 Å². The Hall–Kier alpha value is -1.66. The van der Waals surface area contributed by atoms with Gasteiger partial charge in [0.15, 0.2) is 0 Å². The van der Waals surface area contributed by atoms with Crippen LogP contribution in [0, 0.1) is 0 Å². The fraction of sp³-hybridized carbons (Fsp3) is 0.364. The summed E-state index contributed by atoms with van der Waals surface area (Å²) in [5.74, 6) is -1.58. The van der Waals surface area contributed by atoms with Gasteiger partial charge in [0.25, 0.3) is 5.91 Å². The Morgan fingerprint density at radius 2 is 2.28 bits per heavy atom. The summed E-state index contributed by atoms with van der Waals surface area (Å²) in [5.41, 5.74) is 0.111. The first-order chi connectivity index (χ1) is 8.54. The molecule has 0 radical (unpaired) electrons. The number of carboxylic acid groups (broad SMARTS) is 1. The molecule has 0 spiro atoms. The van der Waals surface area contributed by atoms with Crippen LogP contribution in [0.3, 0.4) is 0 Å². The number of pyridine rings is 1. The molecule has 0 aliphatic rings. The molecule has 1 N–H and O–H groups in total. The van der Waals surface area contributed by atoms with Crippen LogP contribution in [0.5, 0.6) is 0 Å².